The van der Waals surface area contributed by atoms with Gasteiger partial charge in [-0.05, 0) is 36.4 Å². The van der Waals surface area contributed by atoms with E-state index in [-0.39, 0.29) is 11.8 Å². The second kappa shape index (κ2) is 8.81. The van der Waals surface area contributed by atoms with Crippen molar-refractivity contribution in [3.8, 4) is 6.07 Å². The Balaban J connectivity index is 2.30. The fourth-order valence-electron chi connectivity index (χ4n) is 2.31. The summed E-state index contributed by atoms with van der Waals surface area (Å²) in [5.74, 6) is -1.25. The van der Waals surface area contributed by atoms with Gasteiger partial charge in [0.05, 0.1) is 16.7 Å². The van der Waals surface area contributed by atoms with E-state index in [4.69, 9.17) is 5.26 Å². The van der Waals surface area contributed by atoms with Gasteiger partial charge in [0.2, 0.25) is 0 Å². The molecule has 2 aromatic rings. The smallest absolute Gasteiger partial charge is 0.360 e. The van der Waals surface area contributed by atoms with E-state index >= 15 is 0 Å². The summed E-state index contributed by atoms with van der Waals surface area (Å²) in [6.45, 7) is 0. The Morgan fingerprint density at radius 1 is 0.781 bits per heavy atom. The van der Waals surface area contributed by atoms with Gasteiger partial charge in [-0.1, -0.05) is 6.07 Å². The number of nitrogens with zero attached hydrogens (tertiary/aromatic N) is 1. The van der Waals surface area contributed by atoms with Crippen molar-refractivity contribution in [2.24, 2.45) is 0 Å². The molecule has 0 aromatic heterocycles. The summed E-state index contributed by atoms with van der Waals surface area (Å²) in [4.78, 5) is 12.1. The van der Waals surface area contributed by atoms with Crippen molar-refractivity contribution in [3.63, 3.8) is 0 Å². The van der Waals surface area contributed by atoms with Crippen LogP contribution in [0.5, 0.6) is 0 Å². The molecular weight excluding hydrogens is 457 g/mol. The number of rotatable bonds is 4. The topological polar surface area (TPSA) is 64.9 Å². The summed E-state index contributed by atoms with van der Waals surface area (Å²) in [6, 6.07) is 5.25. The summed E-state index contributed by atoms with van der Waals surface area (Å²) in [5, 5.41) is 13.0. The van der Waals surface area contributed by atoms with E-state index in [0.717, 1.165) is 18.2 Å². The van der Waals surface area contributed by atoms with E-state index in [2.05, 4.69) is 0 Å². The van der Waals surface area contributed by atoms with Crippen molar-refractivity contribution in [1.29, 1.82) is 5.26 Å². The zero-order chi connectivity index (χ0) is 24.3. The first kappa shape index (κ1) is 24.6. The third-order valence-corrected chi connectivity index (χ3v) is 3.78. The molecule has 0 saturated carbocycles. The molecule has 0 spiro atoms. The van der Waals surface area contributed by atoms with Gasteiger partial charge in [-0.15, -0.1) is 0 Å². The van der Waals surface area contributed by atoms with Gasteiger partial charge in [0.15, 0.2) is 0 Å². The van der Waals surface area contributed by atoms with Crippen molar-refractivity contribution >= 4 is 17.3 Å². The van der Waals surface area contributed by atoms with Crippen LogP contribution in [0, 0.1) is 11.3 Å². The maximum absolute atomic E-state index is 12.9. The number of alkyl halides is 9. The fraction of sp³-hybridized carbons (Fsp3) is 0.158. The first-order chi connectivity index (χ1) is 14.6. The molecule has 0 unspecified atom stereocenters. The molecule has 32 heavy (non-hydrogen) atoms. The fourth-order valence-corrected chi connectivity index (χ4v) is 2.31. The molecule has 0 bridgehead atoms. The van der Waals surface area contributed by atoms with Crippen LogP contribution in [-0.2, 0) is 23.3 Å². The van der Waals surface area contributed by atoms with E-state index < -0.39 is 52.4 Å². The Labute approximate surface area is 173 Å². The van der Waals surface area contributed by atoms with E-state index in [1.807, 2.05) is 10.6 Å². The minimum atomic E-state index is -5.11. The molecule has 2 aromatic carbocycles. The van der Waals surface area contributed by atoms with Crippen LogP contribution in [0.3, 0.4) is 0 Å². The third-order valence-electron chi connectivity index (χ3n) is 3.78. The first-order valence-corrected chi connectivity index (χ1v) is 8.26. The molecule has 2 rings (SSSR count). The molecule has 0 aliphatic heterocycles. The largest absolute Gasteiger partial charge is 0.416 e. The molecule has 0 aliphatic carbocycles. The van der Waals surface area contributed by atoms with Crippen molar-refractivity contribution in [1.82, 2.24) is 0 Å². The quantitative estimate of drug-likeness (QED) is 0.320. The molecule has 0 heterocycles. The van der Waals surface area contributed by atoms with E-state index in [0.29, 0.717) is 24.4 Å². The van der Waals surface area contributed by atoms with Gasteiger partial charge in [-0.2, -0.15) is 44.8 Å². The normalized spacial score (nSPS) is 12.8. The average molecular weight is 467 g/mol. The molecule has 0 aliphatic rings. The number of hydrogen-bond acceptors (Lipinski definition) is 3. The molecule has 4 nitrogen and oxygen atoms in total. The van der Waals surface area contributed by atoms with Crippen LogP contribution >= 0.6 is 0 Å². The SMILES string of the molecule is N#C/C(=C/Nc1cc(C(F)(F)F)cc(C(F)(F)F)c1)C(=O)Nc1cccc(C(F)(F)F)c1. The van der Waals surface area contributed by atoms with Crippen LogP contribution in [0.15, 0.2) is 54.2 Å². The van der Waals surface area contributed by atoms with Gasteiger partial charge in [0.1, 0.15) is 11.6 Å². The number of carbonyl (C=O) groups is 1. The van der Waals surface area contributed by atoms with Gasteiger partial charge in [0, 0.05) is 17.6 Å². The highest BCUT2D eigenvalue weighted by atomic mass is 19.4. The number of amides is 1. The summed E-state index contributed by atoms with van der Waals surface area (Å²) in [7, 11) is 0. The van der Waals surface area contributed by atoms with E-state index in [9.17, 15) is 44.3 Å². The average Bonchev–Trinajstić information content (AvgIpc) is 2.66. The molecule has 1 amide bonds. The Morgan fingerprint density at radius 2 is 1.28 bits per heavy atom. The van der Waals surface area contributed by atoms with Gasteiger partial charge < -0.3 is 10.6 Å². The van der Waals surface area contributed by atoms with Crippen molar-refractivity contribution in [2.45, 2.75) is 18.5 Å². The van der Waals surface area contributed by atoms with Crippen molar-refractivity contribution < 1.29 is 44.3 Å². The van der Waals surface area contributed by atoms with Crippen molar-refractivity contribution in [3.05, 3.63) is 70.9 Å². The lowest BCUT2D eigenvalue weighted by molar-refractivity contribution is -0.143. The Kier molecular flexibility index (Phi) is 6.77. The van der Waals surface area contributed by atoms with Crippen LogP contribution in [0.1, 0.15) is 16.7 Å². The lowest BCUT2D eigenvalue weighted by Crippen LogP contribution is -2.16. The van der Waals surface area contributed by atoms with E-state index in [1.165, 1.54) is 6.07 Å². The second-order valence-electron chi connectivity index (χ2n) is 6.14. The monoisotopic (exact) mass is 467 g/mol. The molecule has 0 atom stereocenters. The minimum absolute atomic E-state index is 0.111. The van der Waals surface area contributed by atoms with Gasteiger partial charge in [-0.3, -0.25) is 4.79 Å². The number of halogens is 9. The number of carbonyl (C=O) groups excluding carboxylic acids is 1. The molecule has 2 N–H and O–H groups in total. The molecular formula is C19H10F9N3O. The van der Waals surface area contributed by atoms with Crippen molar-refractivity contribution in [2.75, 3.05) is 10.6 Å². The van der Waals surface area contributed by atoms with Gasteiger partial charge >= 0.3 is 18.5 Å². The summed E-state index contributed by atoms with van der Waals surface area (Å²) in [6.07, 6.45) is -14.4. The highest BCUT2D eigenvalue weighted by Gasteiger charge is 2.37. The zero-order valence-electron chi connectivity index (χ0n) is 15.4. The van der Waals surface area contributed by atoms with Crippen LogP contribution in [0.4, 0.5) is 50.9 Å². The molecule has 0 radical (unpaired) electrons. The molecule has 170 valence electrons. The number of benzene rings is 2. The number of anilines is 2. The Morgan fingerprint density at radius 3 is 1.75 bits per heavy atom. The van der Waals surface area contributed by atoms with Crippen LogP contribution in [-0.4, -0.2) is 5.91 Å². The standard InChI is InChI=1S/C19H10F9N3O/c20-17(21,22)11-2-1-3-14(5-11)31-16(32)10(8-29)9-30-15-6-12(18(23,24)25)4-13(7-15)19(26,27)28/h1-7,9,30H,(H,31,32)/b10-9-. The predicted octanol–water partition coefficient (Wildman–Crippen LogP) is 6.20. The minimum Gasteiger partial charge on any atom is -0.360 e. The number of hydrogen-bond donors (Lipinski definition) is 2. The molecule has 0 saturated heterocycles. The maximum atomic E-state index is 12.9. The maximum Gasteiger partial charge on any atom is 0.416 e. The van der Waals surface area contributed by atoms with Gasteiger partial charge in [-0.25, -0.2) is 0 Å². The summed E-state index contributed by atoms with van der Waals surface area (Å²) < 4.78 is 115. The number of nitrogens with one attached hydrogen (secondary N) is 2. The molecule has 0 fully saturated rings. The summed E-state index contributed by atoms with van der Waals surface area (Å²) >= 11 is 0. The first-order valence-electron chi connectivity index (χ1n) is 8.26. The second-order valence-corrected chi connectivity index (χ2v) is 6.14. The van der Waals surface area contributed by atoms with Crippen LogP contribution in [0.2, 0.25) is 0 Å². The van der Waals surface area contributed by atoms with Crippen LogP contribution < -0.4 is 10.6 Å². The third kappa shape index (κ3) is 6.40. The van der Waals surface area contributed by atoms with E-state index in [1.54, 1.807) is 0 Å². The highest BCUT2D eigenvalue weighted by molar-refractivity contribution is 6.06. The Hall–Kier alpha value is -3.69. The lowest BCUT2D eigenvalue weighted by atomic mass is 10.1. The molecule has 13 heteroatoms. The number of nitriles is 1. The van der Waals surface area contributed by atoms with Crippen LogP contribution in [0.25, 0.3) is 0 Å². The summed E-state index contributed by atoms with van der Waals surface area (Å²) in [5.41, 5.74) is -6.26. The lowest BCUT2D eigenvalue weighted by Gasteiger charge is -2.14. The zero-order valence-corrected chi connectivity index (χ0v) is 15.4. The highest BCUT2D eigenvalue weighted by Crippen LogP contribution is 2.37. The predicted molar refractivity (Wildman–Crippen MR) is 93.8 cm³/mol. The van der Waals surface area contributed by atoms with Gasteiger partial charge in [0.25, 0.3) is 5.91 Å². The Bertz CT molecular complexity index is 1040.